The molecule has 1 amide bonds. The van der Waals surface area contributed by atoms with Crippen molar-refractivity contribution in [3.63, 3.8) is 0 Å². The van der Waals surface area contributed by atoms with Gasteiger partial charge in [-0.15, -0.1) is 0 Å². The summed E-state index contributed by atoms with van der Waals surface area (Å²) in [5, 5.41) is 9.93. The molecule has 2 atom stereocenters. The number of para-hydroxylation sites is 2. The molecule has 4 aromatic rings. The molecule has 1 aliphatic heterocycles. The number of aromatic nitrogens is 2. The largest absolute Gasteiger partial charge is 0.465 e. The third kappa shape index (κ3) is 5.36. The second-order valence-electron chi connectivity index (χ2n) is 9.60. The summed E-state index contributed by atoms with van der Waals surface area (Å²) in [6.45, 7) is 2.77. The van der Waals surface area contributed by atoms with Gasteiger partial charge >= 0.3 is 11.8 Å². The van der Waals surface area contributed by atoms with Crippen LogP contribution in [0.3, 0.4) is 0 Å². The number of nitrogens with one attached hydrogen (secondary N) is 1. The number of likely N-dealkylation sites (tertiary alicyclic amines) is 1. The van der Waals surface area contributed by atoms with Gasteiger partial charge in [0.2, 0.25) is 0 Å². The Morgan fingerprint density at radius 3 is 2.17 bits per heavy atom. The Labute approximate surface area is 210 Å². The van der Waals surface area contributed by atoms with Gasteiger partial charge in [-0.25, -0.2) is 9.59 Å². The van der Waals surface area contributed by atoms with Gasteiger partial charge in [0.1, 0.15) is 0 Å². The van der Waals surface area contributed by atoms with Crippen molar-refractivity contribution < 1.29 is 9.90 Å². The number of benzene rings is 3. The predicted molar refractivity (Wildman–Crippen MR) is 141 cm³/mol. The second kappa shape index (κ2) is 10.8. The first kappa shape index (κ1) is 23.9. The van der Waals surface area contributed by atoms with Gasteiger partial charge in [0, 0.05) is 38.3 Å². The number of imidazole rings is 1. The Morgan fingerprint density at radius 1 is 0.917 bits per heavy atom. The summed E-state index contributed by atoms with van der Waals surface area (Å²) in [7, 11) is 0. The standard InChI is InChI=1S/C29H32N4O3/c34-28-30-26-13-7-8-14-27(26)33(28)25-16-18-32(29(35)36)24(19-25)15-17-31(20-22-9-3-1-4-10-22)21-23-11-5-2-6-12-23/h1-14,24-25H,15-21H2,(H,30,34)(H,35,36). The first-order valence-electron chi connectivity index (χ1n) is 12.6. The maximum atomic E-state index is 12.8. The topological polar surface area (TPSA) is 81.6 Å². The zero-order valence-electron chi connectivity index (χ0n) is 20.3. The molecule has 0 saturated carbocycles. The maximum absolute atomic E-state index is 12.8. The fraction of sp³-hybridized carbons (Fsp3) is 0.310. The highest BCUT2D eigenvalue weighted by Gasteiger charge is 2.33. The molecule has 186 valence electrons. The van der Waals surface area contributed by atoms with Crippen LogP contribution < -0.4 is 5.69 Å². The molecule has 0 bridgehead atoms. The van der Waals surface area contributed by atoms with Crippen LogP contribution >= 0.6 is 0 Å². The smallest absolute Gasteiger partial charge is 0.407 e. The molecule has 5 rings (SSSR count). The van der Waals surface area contributed by atoms with Gasteiger partial charge in [-0.1, -0.05) is 72.8 Å². The van der Waals surface area contributed by atoms with Crippen LogP contribution in [0, 0.1) is 0 Å². The normalized spacial score (nSPS) is 18.1. The van der Waals surface area contributed by atoms with E-state index in [9.17, 15) is 14.7 Å². The van der Waals surface area contributed by atoms with Crippen LogP contribution in [0.1, 0.15) is 36.4 Å². The van der Waals surface area contributed by atoms with Crippen LogP contribution in [0.15, 0.2) is 89.7 Å². The van der Waals surface area contributed by atoms with Crippen LogP contribution in [0.2, 0.25) is 0 Å². The lowest BCUT2D eigenvalue weighted by molar-refractivity contribution is 0.0812. The lowest BCUT2D eigenvalue weighted by Crippen LogP contribution is -2.48. The van der Waals surface area contributed by atoms with E-state index >= 15 is 0 Å². The molecule has 2 unspecified atom stereocenters. The van der Waals surface area contributed by atoms with Crippen molar-refractivity contribution in [3.8, 4) is 0 Å². The van der Waals surface area contributed by atoms with Crippen LogP contribution in [0.25, 0.3) is 11.0 Å². The molecule has 3 aromatic carbocycles. The van der Waals surface area contributed by atoms with E-state index in [0.717, 1.165) is 30.7 Å². The summed E-state index contributed by atoms with van der Waals surface area (Å²) in [5.74, 6) is 0. The molecule has 7 heteroatoms. The SMILES string of the molecule is O=C(O)N1CCC(n2c(=O)[nH]c3ccccc32)CC1CCN(Cc1ccccc1)Cc1ccccc1. The molecule has 0 radical (unpaired) electrons. The molecule has 1 saturated heterocycles. The van der Waals surface area contributed by atoms with Crippen molar-refractivity contribution in [1.82, 2.24) is 19.4 Å². The van der Waals surface area contributed by atoms with E-state index in [4.69, 9.17) is 0 Å². The Balaban J connectivity index is 1.35. The monoisotopic (exact) mass is 484 g/mol. The summed E-state index contributed by atoms with van der Waals surface area (Å²) in [6, 6.07) is 28.2. The second-order valence-corrected chi connectivity index (χ2v) is 9.60. The summed E-state index contributed by atoms with van der Waals surface area (Å²) < 4.78 is 1.83. The van der Waals surface area contributed by atoms with E-state index in [0.29, 0.717) is 25.8 Å². The number of carbonyl (C=O) groups is 1. The maximum Gasteiger partial charge on any atom is 0.407 e. The minimum atomic E-state index is -0.887. The number of fused-ring (bicyclic) bond motifs is 1. The first-order chi connectivity index (χ1) is 17.6. The Kier molecular flexibility index (Phi) is 7.18. The summed E-state index contributed by atoms with van der Waals surface area (Å²) in [5.41, 5.74) is 4.03. The molecule has 36 heavy (non-hydrogen) atoms. The van der Waals surface area contributed by atoms with Gasteiger partial charge in [-0.2, -0.15) is 0 Å². The Hall–Kier alpha value is -3.84. The molecule has 0 spiro atoms. The summed E-state index contributed by atoms with van der Waals surface area (Å²) in [4.78, 5) is 31.8. The van der Waals surface area contributed by atoms with Crippen molar-refractivity contribution in [1.29, 1.82) is 0 Å². The molecule has 2 heterocycles. The Bertz CT molecular complexity index is 1310. The number of carboxylic acid groups (broad SMARTS) is 1. The van der Waals surface area contributed by atoms with Crippen molar-refractivity contribution >= 4 is 17.1 Å². The summed E-state index contributed by atoms with van der Waals surface area (Å²) >= 11 is 0. The van der Waals surface area contributed by atoms with E-state index in [1.54, 1.807) is 4.90 Å². The predicted octanol–water partition coefficient (Wildman–Crippen LogP) is 5.11. The van der Waals surface area contributed by atoms with E-state index in [1.165, 1.54) is 11.1 Å². The van der Waals surface area contributed by atoms with Gasteiger partial charge in [-0.05, 0) is 42.5 Å². The van der Waals surface area contributed by atoms with E-state index < -0.39 is 6.09 Å². The number of aromatic amines is 1. The molecule has 1 fully saturated rings. The van der Waals surface area contributed by atoms with E-state index in [-0.39, 0.29) is 17.8 Å². The molecule has 2 N–H and O–H groups in total. The van der Waals surface area contributed by atoms with Gasteiger partial charge in [0.15, 0.2) is 0 Å². The van der Waals surface area contributed by atoms with Crippen molar-refractivity contribution in [2.24, 2.45) is 0 Å². The van der Waals surface area contributed by atoms with Crippen molar-refractivity contribution in [2.75, 3.05) is 13.1 Å². The minimum absolute atomic E-state index is 0.0362. The zero-order valence-corrected chi connectivity index (χ0v) is 20.3. The first-order valence-corrected chi connectivity index (χ1v) is 12.6. The lowest BCUT2D eigenvalue weighted by atomic mass is 9.94. The Morgan fingerprint density at radius 2 is 1.53 bits per heavy atom. The quantitative estimate of drug-likeness (QED) is 0.364. The van der Waals surface area contributed by atoms with Crippen LogP contribution in [0.5, 0.6) is 0 Å². The van der Waals surface area contributed by atoms with Crippen LogP contribution in [-0.2, 0) is 13.1 Å². The fourth-order valence-corrected chi connectivity index (χ4v) is 5.46. The average molecular weight is 485 g/mol. The van der Waals surface area contributed by atoms with Gasteiger partial charge < -0.3 is 15.0 Å². The number of H-pyrrole nitrogens is 1. The van der Waals surface area contributed by atoms with Gasteiger partial charge in [0.05, 0.1) is 11.0 Å². The highest BCUT2D eigenvalue weighted by atomic mass is 16.4. The molecule has 1 aromatic heterocycles. The third-order valence-corrected chi connectivity index (χ3v) is 7.20. The molecule has 0 aliphatic carbocycles. The zero-order chi connectivity index (χ0) is 24.9. The number of rotatable bonds is 8. The lowest BCUT2D eigenvalue weighted by Gasteiger charge is -2.39. The van der Waals surface area contributed by atoms with Crippen LogP contribution in [-0.4, -0.2) is 49.7 Å². The number of piperidine rings is 1. The molecular weight excluding hydrogens is 452 g/mol. The molecule has 7 nitrogen and oxygen atoms in total. The minimum Gasteiger partial charge on any atom is -0.465 e. The highest BCUT2D eigenvalue weighted by Crippen LogP contribution is 2.30. The van der Waals surface area contributed by atoms with Crippen molar-refractivity contribution in [3.05, 3.63) is 107 Å². The number of hydrogen-bond donors (Lipinski definition) is 2. The van der Waals surface area contributed by atoms with Crippen LogP contribution in [0.4, 0.5) is 4.79 Å². The fourth-order valence-electron chi connectivity index (χ4n) is 5.46. The molecule has 1 aliphatic rings. The molecular formula is C29H32N4O3. The third-order valence-electron chi connectivity index (χ3n) is 7.20. The number of amides is 1. The van der Waals surface area contributed by atoms with E-state index in [2.05, 4.69) is 34.1 Å². The number of nitrogens with zero attached hydrogens (tertiary/aromatic N) is 3. The van der Waals surface area contributed by atoms with E-state index in [1.807, 2.05) is 65.2 Å². The number of hydrogen-bond acceptors (Lipinski definition) is 3. The van der Waals surface area contributed by atoms with Gasteiger partial charge in [-0.3, -0.25) is 9.47 Å². The van der Waals surface area contributed by atoms with Gasteiger partial charge in [0.25, 0.3) is 0 Å². The average Bonchev–Trinajstić information content (AvgIpc) is 3.24. The highest BCUT2D eigenvalue weighted by molar-refractivity contribution is 5.75. The summed E-state index contributed by atoms with van der Waals surface area (Å²) in [6.07, 6.45) is 1.07. The van der Waals surface area contributed by atoms with Crippen molar-refractivity contribution in [2.45, 2.75) is 44.4 Å².